The van der Waals surface area contributed by atoms with Gasteiger partial charge in [0.1, 0.15) is 6.61 Å². The van der Waals surface area contributed by atoms with Crippen LogP contribution < -0.4 is 10.9 Å². The molecule has 4 rings (SSSR count). The smallest absolute Gasteiger partial charge is 0.421 e. The van der Waals surface area contributed by atoms with Gasteiger partial charge in [-0.25, -0.2) is 10.2 Å². The van der Waals surface area contributed by atoms with Gasteiger partial charge in [0.25, 0.3) is 0 Å². The highest BCUT2D eigenvalue weighted by Gasteiger charge is 2.46. The maximum atomic E-state index is 11.8. The zero-order chi connectivity index (χ0) is 17.8. The lowest BCUT2D eigenvalue weighted by Gasteiger charge is -2.40. The Hall–Kier alpha value is -1.63. The van der Waals surface area contributed by atoms with Gasteiger partial charge in [-0.15, -0.1) is 0 Å². The van der Waals surface area contributed by atoms with Crippen molar-refractivity contribution in [3.63, 3.8) is 0 Å². The van der Waals surface area contributed by atoms with Crippen molar-refractivity contribution < 1.29 is 14.3 Å². The highest BCUT2D eigenvalue weighted by Crippen LogP contribution is 2.40. The van der Waals surface area contributed by atoms with Crippen LogP contribution in [0.4, 0.5) is 4.79 Å². The zero-order valence-corrected chi connectivity index (χ0v) is 15.3. The van der Waals surface area contributed by atoms with Crippen LogP contribution in [0.25, 0.3) is 0 Å². The highest BCUT2D eigenvalue weighted by atomic mass is 16.6. The molecule has 2 heterocycles. The third-order valence-corrected chi connectivity index (χ3v) is 6.09. The largest absolute Gasteiger partial charge is 0.444 e. The Kier molecular flexibility index (Phi) is 5.43. The Morgan fingerprint density at radius 1 is 1.19 bits per heavy atom. The van der Waals surface area contributed by atoms with Gasteiger partial charge >= 0.3 is 6.09 Å². The lowest BCUT2D eigenvalue weighted by atomic mass is 9.85. The zero-order valence-electron chi connectivity index (χ0n) is 15.3. The van der Waals surface area contributed by atoms with E-state index in [1.54, 1.807) is 0 Å². The monoisotopic (exact) mass is 359 g/mol. The van der Waals surface area contributed by atoms with Crippen LogP contribution in [0, 0.1) is 5.41 Å². The SMILES string of the molecule is O=C(NN[C@H]1CC[C@H](N2CCC3(COC3)C2)CC1)OCc1ccccc1. The van der Waals surface area contributed by atoms with Crippen LogP contribution in [0.2, 0.25) is 0 Å². The van der Waals surface area contributed by atoms with Gasteiger partial charge in [0.15, 0.2) is 0 Å². The summed E-state index contributed by atoms with van der Waals surface area (Å²) < 4.78 is 10.7. The normalized spacial score (nSPS) is 27.8. The van der Waals surface area contributed by atoms with Crippen molar-refractivity contribution in [1.82, 2.24) is 15.8 Å². The molecular formula is C20H29N3O3. The third-order valence-electron chi connectivity index (χ3n) is 6.09. The van der Waals surface area contributed by atoms with E-state index in [0.717, 1.165) is 31.6 Å². The third kappa shape index (κ3) is 4.19. The topological polar surface area (TPSA) is 62.8 Å². The van der Waals surface area contributed by atoms with E-state index in [4.69, 9.17) is 9.47 Å². The molecule has 6 heteroatoms. The van der Waals surface area contributed by atoms with Gasteiger partial charge in [0, 0.05) is 24.0 Å². The summed E-state index contributed by atoms with van der Waals surface area (Å²) in [5.74, 6) is 0. The molecule has 6 nitrogen and oxygen atoms in total. The number of ether oxygens (including phenoxy) is 2. The summed E-state index contributed by atoms with van der Waals surface area (Å²) in [5, 5.41) is 0. The van der Waals surface area contributed by atoms with E-state index in [1.165, 1.54) is 32.4 Å². The van der Waals surface area contributed by atoms with Crippen molar-refractivity contribution in [2.24, 2.45) is 5.41 Å². The highest BCUT2D eigenvalue weighted by molar-refractivity contribution is 5.66. The van der Waals surface area contributed by atoms with Gasteiger partial charge in [0.2, 0.25) is 0 Å². The summed E-state index contributed by atoms with van der Waals surface area (Å²) in [4.78, 5) is 14.5. The first-order valence-electron chi connectivity index (χ1n) is 9.77. The predicted octanol–water partition coefficient (Wildman–Crippen LogP) is 2.45. The molecule has 0 radical (unpaired) electrons. The minimum absolute atomic E-state index is 0.293. The number of nitrogens with one attached hydrogen (secondary N) is 2. The van der Waals surface area contributed by atoms with E-state index in [2.05, 4.69) is 15.8 Å². The molecule has 0 bridgehead atoms. The van der Waals surface area contributed by atoms with Crippen LogP contribution in [0.5, 0.6) is 0 Å². The second-order valence-electron chi connectivity index (χ2n) is 8.05. The van der Waals surface area contributed by atoms with E-state index in [9.17, 15) is 4.79 Å². The molecule has 1 aromatic rings. The van der Waals surface area contributed by atoms with Crippen molar-refractivity contribution in [2.45, 2.75) is 50.8 Å². The predicted molar refractivity (Wildman–Crippen MR) is 98.4 cm³/mol. The summed E-state index contributed by atoms with van der Waals surface area (Å²) in [7, 11) is 0. The van der Waals surface area contributed by atoms with E-state index in [0.29, 0.717) is 24.1 Å². The number of likely N-dealkylation sites (tertiary alicyclic amines) is 1. The Balaban J connectivity index is 1.12. The molecule has 2 aliphatic heterocycles. The molecule has 26 heavy (non-hydrogen) atoms. The van der Waals surface area contributed by atoms with Crippen LogP contribution in [-0.4, -0.2) is 49.4 Å². The summed E-state index contributed by atoms with van der Waals surface area (Å²) in [6, 6.07) is 10.7. The van der Waals surface area contributed by atoms with Crippen LogP contribution in [0.1, 0.15) is 37.7 Å². The van der Waals surface area contributed by atoms with Crippen LogP contribution in [-0.2, 0) is 16.1 Å². The standard InChI is InChI=1S/C20H29N3O3/c24-19(26-12-16-4-2-1-3-5-16)22-21-17-6-8-18(9-7-17)23-11-10-20(13-23)14-25-15-20/h1-5,17-18,21H,6-15H2,(H,22,24)/t17-,18-. The molecule has 1 saturated carbocycles. The summed E-state index contributed by atoms with van der Waals surface area (Å²) in [5.41, 5.74) is 7.30. The fourth-order valence-electron chi connectivity index (χ4n) is 4.41. The lowest BCUT2D eigenvalue weighted by Crippen LogP contribution is -2.49. The van der Waals surface area contributed by atoms with Gasteiger partial charge in [-0.2, -0.15) is 0 Å². The minimum atomic E-state index is -0.414. The van der Waals surface area contributed by atoms with Gasteiger partial charge < -0.3 is 9.47 Å². The van der Waals surface area contributed by atoms with Crippen LogP contribution in [0.3, 0.4) is 0 Å². The molecule has 3 aliphatic rings. The number of amides is 1. The fourth-order valence-corrected chi connectivity index (χ4v) is 4.41. The summed E-state index contributed by atoms with van der Waals surface area (Å²) in [6.07, 6.45) is 5.43. The number of rotatable bonds is 5. The molecule has 2 saturated heterocycles. The Morgan fingerprint density at radius 3 is 2.62 bits per heavy atom. The molecule has 1 amide bonds. The average Bonchev–Trinajstić information content (AvgIpc) is 3.12. The van der Waals surface area contributed by atoms with E-state index < -0.39 is 6.09 Å². The Bertz CT molecular complexity index is 598. The molecule has 0 unspecified atom stereocenters. The van der Waals surface area contributed by atoms with Crippen LogP contribution in [0.15, 0.2) is 30.3 Å². The average molecular weight is 359 g/mol. The van der Waals surface area contributed by atoms with E-state index in [1.807, 2.05) is 30.3 Å². The van der Waals surface area contributed by atoms with Crippen molar-refractivity contribution in [3.8, 4) is 0 Å². The van der Waals surface area contributed by atoms with E-state index in [-0.39, 0.29) is 0 Å². The number of benzene rings is 1. The first-order chi connectivity index (χ1) is 12.7. The molecule has 0 atom stereocenters. The molecule has 1 aliphatic carbocycles. The van der Waals surface area contributed by atoms with Gasteiger partial charge in [-0.05, 0) is 44.2 Å². The lowest BCUT2D eigenvalue weighted by molar-refractivity contribution is -0.106. The Labute approximate surface area is 155 Å². The van der Waals surface area contributed by atoms with Crippen molar-refractivity contribution >= 4 is 6.09 Å². The fraction of sp³-hybridized carbons (Fsp3) is 0.650. The summed E-state index contributed by atoms with van der Waals surface area (Å²) >= 11 is 0. The Morgan fingerprint density at radius 2 is 1.96 bits per heavy atom. The van der Waals surface area contributed by atoms with Gasteiger partial charge in [0.05, 0.1) is 13.2 Å². The summed E-state index contributed by atoms with van der Waals surface area (Å²) in [6.45, 7) is 4.63. The maximum absolute atomic E-state index is 11.8. The first kappa shape index (κ1) is 17.8. The molecule has 0 aromatic heterocycles. The second kappa shape index (κ2) is 7.94. The van der Waals surface area contributed by atoms with Gasteiger partial charge in [-0.1, -0.05) is 30.3 Å². The number of hydrogen-bond acceptors (Lipinski definition) is 5. The van der Waals surface area contributed by atoms with E-state index >= 15 is 0 Å². The van der Waals surface area contributed by atoms with Gasteiger partial charge in [-0.3, -0.25) is 10.3 Å². The number of carbonyl (C=O) groups excluding carboxylic acids is 1. The molecule has 3 fully saturated rings. The molecule has 1 spiro atoms. The first-order valence-corrected chi connectivity index (χ1v) is 9.77. The minimum Gasteiger partial charge on any atom is -0.444 e. The number of nitrogens with zero attached hydrogens (tertiary/aromatic N) is 1. The maximum Gasteiger partial charge on any atom is 0.421 e. The van der Waals surface area contributed by atoms with Crippen molar-refractivity contribution in [3.05, 3.63) is 35.9 Å². The quantitative estimate of drug-likeness (QED) is 0.791. The number of hydrazine groups is 1. The van der Waals surface area contributed by atoms with Crippen LogP contribution >= 0.6 is 0 Å². The van der Waals surface area contributed by atoms with Crippen molar-refractivity contribution in [1.29, 1.82) is 0 Å². The molecule has 1 aromatic carbocycles. The van der Waals surface area contributed by atoms with Crippen molar-refractivity contribution in [2.75, 3.05) is 26.3 Å². The number of carbonyl (C=O) groups is 1. The molecule has 2 N–H and O–H groups in total. The molecule has 142 valence electrons. The second-order valence-corrected chi connectivity index (χ2v) is 8.05. The number of hydrogen-bond donors (Lipinski definition) is 2. The molecular weight excluding hydrogens is 330 g/mol.